The number of carboxylic acids is 1. The number of carboxylic acid groups (broad SMARTS) is 1. The summed E-state index contributed by atoms with van der Waals surface area (Å²) in [7, 11) is 0. The number of hydrogen-bond acceptors (Lipinski definition) is 5. The third-order valence-electron chi connectivity index (χ3n) is 3.15. The van der Waals surface area contributed by atoms with Crippen LogP contribution in [0.3, 0.4) is 0 Å². The van der Waals surface area contributed by atoms with Crippen LogP contribution < -0.4 is 5.32 Å². The topological polar surface area (TPSA) is 105 Å². The minimum Gasteiger partial charge on any atom is -0.477 e. The van der Waals surface area contributed by atoms with E-state index < -0.39 is 10.9 Å². The number of pyridine rings is 1. The fourth-order valence-corrected chi connectivity index (χ4v) is 1.82. The Hall–Kier alpha value is -2.96. The molecule has 0 spiro atoms. The van der Waals surface area contributed by atoms with Gasteiger partial charge in [-0.05, 0) is 37.1 Å². The van der Waals surface area contributed by atoms with E-state index in [-0.39, 0.29) is 17.2 Å². The van der Waals surface area contributed by atoms with Gasteiger partial charge in [0, 0.05) is 11.8 Å². The summed E-state index contributed by atoms with van der Waals surface area (Å²) in [5, 5.41) is 22.8. The Morgan fingerprint density at radius 1 is 1.29 bits per heavy atom. The average Bonchev–Trinajstić information content (AvgIpc) is 2.43. The summed E-state index contributed by atoms with van der Waals surface area (Å²) >= 11 is 0. The quantitative estimate of drug-likeness (QED) is 0.661. The van der Waals surface area contributed by atoms with Crippen LogP contribution in [0.1, 0.15) is 21.6 Å². The molecule has 0 saturated carbocycles. The molecule has 7 heteroatoms. The number of aromatic nitrogens is 1. The maximum atomic E-state index is 11.0. The standard InChI is InChI=1S/C14H13N3O4/c1-8-4-3-5-10(9(8)2)15-13-12(17(20)21)7-6-11(16-13)14(18)19/h3-7H,1-2H3,(H,15,16)(H,18,19). The average molecular weight is 287 g/mol. The largest absolute Gasteiger partial charge is 0.477 e. The van der Waals surface area contributed by atoms with Crippen molar-refractivity contribution in [2.24, 2.45) is 0 Å². The maximum absolute atomic E-state index is 11.0. The van der Waals surface area contributed by atoms with Crippen molar-refractivity contribution in [1.82, 2.24) is 4.98 Å². The zero-order chi connectivity index (χ0) is 15.6. The lowest BCUT2D eigenvalue weighted by Gasteiger charge is -2.11. The molecular formula is C14H13N3O4. The second-order valence-electron chi connectivity index (χ2n) is 4.50. The normalized spacial score (nSPS) is 10.2. The van der Waals surface area contributed by atoms with Crippen molar-refractivity contribution in [3.63, 3.8) is 0 Å². The molecule has 2 N–H and O–H groups in total. The molecule has 0 aliphatic rings. The van der Waals surface area contributed by atoms with Gasteiger partial charge in [0.15, 0.2) is 5.69 Å². The molecule has 2 aromatic rings. The Bertz CT molecular complexity index is 728. The van der Waals surface area contributed by atoms with Crippen LogP contribution in [0.2, 0.25) is 0 Å². The van der Waals surface area contributed by atoms with E-state index in [1.807, 2.05) is 19.9 Å². The lowest BCUT2D eigenvalue weighted by atomic mass is 10.1. The number of rotatable bonds is 4. The van der Waals surface area contributed by atoms with Gasteiger partial charge in [-0.2, -0.15) is 0 Å². The number of nitrogens with zero attached hydrogens (tertiary/aromatic N) is 2. The lowest BCUT2D eigenvalue weighted by Crippen LogP contribution is -2.06. The van der Waals surface area contributed by atoms with Gasteiger partial charge in [-0.3, -0.25) is 10.1 Å². The fraction of sp³-hybridized carbons (Fsp3) is 0.143. The molecule has 2 rings (SSSR count). The Kier molecular flexibility index (Phi) is 3.84. The molecule has 108 valence electrons. The summed E-state index contributed by atoms with van der Waals surface area (Å²) < 4.78 is 0. The third kappa shape index (κ3) is 2.97. The Labute approximate surface area is 120 Å². The van der Waals surface area contributed by atoms with E-state index >= 15 is 0 Å². The van der Waals surface area contributed by atoms with Crippen molar-refractivity contribution in [3.8, 4) is 0 Å². The number of carbonyl (C=O) groups is 1. The van der Waals surface area contributed by atoms with Crippen LogP contribution in [0, 0.1) is 24.0 Å². The predicted molar refractivity (Wildman–Crippen MR) is 77.0 cm³/mol. The van der Waals surface area contributed by atoms with E-state index in [0.29, 0.717) is 5.69 Å². The molecule has 0 amide bonds. The van der Waals surface area contributed by atoms with Crippen molar-refractivity contribution in [2.45, 2.75) is 13.8 Å². The van der Waals surface area contributed by atoms with Gasteiger partial charge in [0.1, 0.15) is 0 Å². The molecule has 0 radical (unpaired) electrons. The highest BCUT2D eigenvalue weighted by molar-refractivity contribution is 5.87. The molecule has 0 aliphatic heterocycles. The number of aromatic carboxylic acids is 1. The summed E-state index contributed by atoms with van der Waals surface area (Å²) in [5.41, 5.74) is 2.04. The fourth-order valence-electron chi connectivity index (χ4n) is 1.82. The number of benzene rings is 1. The number of anilines is 2. The molecule has 0 unspecified atom stereocenters. The third-order valence-corrected chi connectivity index (χ3v) is 3.15. The zero-order valence-corrected chi connectivity index (χ0v) is 11.5. The van der Waals surface area contributed by atoms with Crippen molar-refractivity contribution in [1.29, 1.82) is 0 Å². The van der Waals surface area contributed by atoms with Crippen LogP contribution in [0.25, 0.3) is 0 Å². The van der Waals surface area contributed by atoms with Crippen molar-refractivity contribution in [3.05, 3.63) is 57.3 Å². The summed E-state index contributed by atoms with van der Waals surface area (Å²) in [6.45, 7) is 3.78. The molecule has 0 fully saturated rings. The maximum Gasteiger partial charge on any atom is 0.354 e. The zero-order valence-electron chi connectivity index (χ0n) is 11.5. The van der Waals surface area contributed by atoms with E-state index in [9.17, 15) is 14.9 Å². The van der Waals surface area contributed by atoms with Crippen LogP contribution in [-0.4, -0.2) is 21.0 Å². The van der Waals surface area contributed by atoms with Crippen LogP contribution >= 0.6 is 0 Å². The summed E-state index contributed by atoms with van der Waals surface area (Å²) in [4.78, 5) is 25.2. The minimum atomic E-state index is -1.24. The van der Waals surface area contributed by atoms with Crippen LogP contribution in [0.4, 0.5) is 17.2 Å². The minimum absolute atomic E-state index is 0.0893. The van der Waals surface area contributed by atoms with Crippen LogP contribution in [-0.2, 0) is 0 Å². The van der Waals surface area contributed by atoms with Gasteiger partial charge in [0.2, 0.25) is 5.82 Å². The van der Waals surface area contributed by atoms with E-state index in [2.05, 4.69) is 10.3 Å². The highest BCUT2D eigenvalue weighted by atomic mass is 16.6. The molecule has 1 aromatic carbocycles. The Morgan fingerprint density at radius 3 is 2.62 bits per heavy atom. The van der Waals surface area contributed by atoms with Crippen LogP contribution in [0.5, 0.6) is 0 Å². The molecule has 0 aliphatic carbocycles. The van der Waals surface area contributed by atoms with E-state index in [4.69, 9.17) is 5.11 Å². The molecule has 0 saturated heterocycles. The number of nitro groups is 1. The van der Waals surface area contributed by atoms with Gasteiger partial charge in [-0.25, -0.2) is 9.78 Å². The Morgan fingerprint density at radius 2 is 2.00 bits per heavy atom. The van der Waals surface area contributed by atoms with E-state index in [1.165, 1.54) is 0 Å². The van der Waals surface area contributed by atoms with Gasteiger partial charge in [0.05, 0.1) is 4.92 Å². The van der Waals surface area contributed by atoms with Gasteiger partial charge in [-0.15, -0.1) is 0 Å². The van der Waals surface area contributed by atoms with E-state index in [0.717, 1.165) is 23.3 Å². The molecule has 1 aromatic heterocycles. The second-order valence-corrected chi connectivity index (χ2v) is 4.50. The first-order chi connectivity index (χ1) is 9.90. The smallest absolute Gasteiger partial charge is 0.354 e. The van der Waals surface area contributed by atoms with Crippen molar-refractivity contribution < 1.29 is 14.8 Å². The SMILES string of the molecule is Cc1cccc(Nc2nc(C(=O)O)ccc2[N+](=O)[O-])c1C. The highest BCUT2D eigenvalue weighted by Gasteiger charge is 2.19. The lowest BCUT2D eigenvalue weighted by molar-refractivity contribution is -0.384. The summed E-state index contributed by atoms with van der Waals surface area (Å²) in [6.07, 6.45) is 0. The predicted octanol–water partition coefficient (Wildman–Crippen LogP) is 3.05. The molecule has 0 bridgehead atoms. The Balaban J connectivity index is 2.51. The summed E-state index contributed by atoms with van der Waals surface area (Å²) in [6, 6.07) is 7.70. The van der Waals surface area contributed by atoms with Crippen molar-refractivity contribution in [2.75, 3.05) is 5.32 Å². The van der Waals surface area contributed by atoms with Gasteiger partial charge < -0.3 is 10.4 Å². The summed E-state index contributed by atoms with van der Waals surface area (Å²) in [5.74, 6) is -1.33. The molecule has 0 atom stereocenters. The first kappa shape index (κ1) is 14.4. The molecule has 1 heterocycles. The van der Waals surface area contributed by atoms with Gasteiger partial charge in [-0.1, -0.05) is 12.1 Å². The highest BCUT2D eigenvalue weighted by Crippen LogP contribution is 2.28. The number of hydrogen-bond donors (Lipinski definition) is 2. The molecular weight excluding hydrogens is 274 g/mol. The van der Waals surface area contributed by atoms with Crippen LogP contribution in [0.15, 0.2) is 30.3 Å². The molecule has 21 heavy (non-hydrogen) atoms. The monoisotopic (exact) mass is 287 g/mol. The van der Waals surface area contributed by atoms with Gasteiger partial charge in [0.25, 0.3) is 0 Å². The van der Waals surface area contributed by atoms with Gasteiger partial charge >= 0.3 is 11.7 Å². The van der Waals surface area contributed by atoms with Crippen molar-refractivity contribution >= 4 is 23.2 Å². The second kappa shape index (κ2) is 5.58. The first-order valence-corrected chi connectivity index (χ1v) is 6.12. The first-order valence-electron chi connectivity index (χ1n) is 6.12. The van der Waals surface area contributed by atoms with E-state index in [1.54, 1.807) is 12.1 Å². The molecule has 7 nitrogen and oxygen atoms in total. The number of nitrogens with one attached hydrogen (secondary N) is 1. The number of aryl methyl sites for hydroxylation is 1.